The van der Waals surface area contributed by atoms with Gasteiger partial charge in [-0.05, 0) is 20.8 Å². The standard InChI is InChI=1S/C17H23N6O7P/c1-4-27-14(24)8(2)22-31(26)29-10-5-17(10)15(30-31)16(3,25)11(28-17)9-6-19-13-12(18)20-7-21-23(9)13/h6-8,10-11,15,25H,4-5H2,1-3H3,(H,22,26)(H2,18,20,21)/t8-,10-,11-,15-,16-,17?,31?/m0/s1. The van der Waals surface area contributed by atoms with Gasteiger partial charge in [-0.3, -0.25) is 13.8 Å². The Bertz CT molecular complexity index is 1110. The number of fused-ring (bicyclic) bond motifs is 1. The number of nitrogens with zero attached hydrogens (tertiary/aromatic N) is 4. The monoisotopic (exact) mass is 454 g/mol. The van der Waals surface area contributed by atoms with E-state index in [1.54, 1.807) is 6.92 Å². The number of anilines is 1. The first-order chi connectivity index (χ1) is 14.6. The van der Waals surface area contributed by atoms with Crippen molar-refractivity contribution < 1.29 is 33.0 Å². The molecule has 4 heterocycles. The molecule has 3 aliphatic rings. The number of carbonyl (C=O) groups is 1. The van der Waals surface area contributed by atoms with Gasteiger partial charge in [0.2, 0.25) is 0 Å². The number of nitrogens with one attached hydrogen (secondary N) is 1. The molecule has 168 valence electrons. The van der Waals surface area contributed by atoms with Crippen molar-refractivity contribution in [1.82, 2.24) is 24.7 Å². The van der Waals surface area contributed by atoms with Gasteiger partial charge in [0.25, 0.3) is 0 Å². The van der Waals surface area contributed by atoms with Crippen LogP contribution < -0.4 is 10.8 Å². The Morgan fingerprint density at radius 3 is 3.03 bits per heavy atom. The lowest BCUT2D eigenvalue weighted by Crippen LogP contribution is -2.49. The summed E-state index contributed by atoms with van der Waals surface area (Å²) >= 11 is 0. The number of aromatic nitrogens is 4. The predicted molar refractivity (Wildman–Crippen MR) is 104 cm³/mol. The fourth-order valence-electron chi connectivity index (χ4n) is 4.33. The van der Waals surface area contributed by atoms with E-state index in [2.05, 4.69) is 20.2 Å². The molecule has 13 nitrogen and oxygen atoms in total. The Morgan fingerprint density at radius 2 is 2.29 bits per heavy atom. The number of carbonyl (C=O) groups excluding carboxylic acids is 1. The molecular weight excluding hydrogens is 431 g/mol. The summed E-state index contributed by atoms with van der Waals surface area (Å²) in [5, 5.41) is 18.2. The van der Waals surface area contributed by atoms with E-state index in [0.717, 1.165) is 0 Å². The number of nitrogen functional groups attached to an aromatic ring is 1. The van der Waals surface area contributed by atoms with Crippen LogP contribution in [-0.4, -0.2) is 66.7 Å². The summed E-state index contributed by atoms with van der Waals surface area (Å²) < 4.78 is 37.3. The second-order valence-corrected chi connectivity index (χ2v) is 9.80. The summed E-state index contributed by atoms with van der Waals surface area (Å²) in [6.07, 6.45) is 0.668. The Labute approximate surface area is 176 Å². The van der Waals surface area contributed by atoms with Crippen LogP contribution in [0.15, 0.2) is 12.5 Å². The van der Waals surface area contributed by atoms with Crippen LogP contribution in [0.25, 0.3) is 5.65 Å². The number of imidazole rings is 1. The lowest BCUT2D eigenvalue weighted by molar-refractivity contribution is -0.145. The highest BCUT2D eigenvalue weighted by Crippen LogP contribution is 2.70. The molecule has 0 radical (unpaired) electrons. The van der Waals surface area contributed by atoms with Gasteiger partial charge in [0.1, 0.15) is 41.9 Å². The van der Waals surface area contributed by atoms with Gasteiger partial charge in [-0.15, -0.1) is 0 Å². The zero-order valence-electron chi connectivity index (χ0n) is 17.1. The van der Waals surface area contributed by atoms with Crippen molar-refractivity contribution in [2.45, 2.75) is 62.7 Å². The largest absolute Gasteiger partial charge is 0.465 e. The molecule has 4 N–H and O–H groups in total. The second kappa shape index (κ2) is 6.67. The molecule has 2 aromatic rings. The fourth-order valence-corrected chi connectivity index (χ4v) is 6.33. The highest BCUT2D eigenvalue weighted by Gasteiger charge is 2.79. The molecule has 2 aliphatic heterocycles. The average Bonchev–Trinajstić information content (AvgIpc) is 3.13. The minimum Gasteiger partial charge on any atom is -0.465 e. The molecule has 14 heteroatoms. The molecule has 1 saturated carbocycles. The second-order valence-electron chi connectivity index (χ2n) is 8.13. The predicted octanol–water partition coefficient (Wildman–Crippen LogP) is 0.105. The smallest absolute Gasteiger partial charge is 0.407 e. The first-order valence-corrected chi connectivity index (χ1v) is 11.4. The number of ether oxygens (including phenoxy) is 2. The zero-order chi connectivity index (χ0) is 22.2. The van der Waals surface area contributed by atoms with E-state index in [-0.39, 0.29) is 12.4 Å². The minimum atomic E-state index is -3.93. The summed E-state index contributed by atoms with van der Waals surface area (Å²) in [6.45, 7) is 4.88. The van der Waals surface area contributed by atoms with Crippen LogP contribution in [0.5, 0.6) is 0 Å². The number of hydrogen-bond acceptors (Lipinski definition) is 11. The number of rotatable bonds is 5. The molecule has 0 aromatic carbocycles. The van der Waals surface area contributed by atoms with Crippen LogP contribution in [0.2, 0.25) is 0 Å². The lowest BCUT2D eigenvalue weighted by atomic mass is 9.90. The molecule has 2 unspecified atom stereocenters. The maximum Gasteiger partial charge on any atom is 0.407 e. The van der Waals surface area contributed by atoms with Crippen LogP contribution in [0.3, 0.4) is 0 Å². The minimum absolute atomic E-state index is 0.181. The molecule has 1 aliphatic carbocycles. The molecule has 0 amide bonds. The van der Waals surface area contributed by atoms with Crippen LogP contribution in [0, 0.1) is 0 Å². The van der Waals surface area contributed by atoms with Gasteiger partial charge in [0.15, 0.2) is 11.5 Å². The van der Waals surface area contributed by atoms with E-state index in [1.807, 2.05) is 0 Å². The van der Waals surface area contributed by atoms with Crippen molar-refractivity contribution in [1.29, 1.82) is 0 Å². The van der Waals surface area contributed by atoms with Crippen molar-refractivity contribution in [2.75, 3.05) is 12.3 Å². The van der Waals surface area contributed by atoms with E-state index in [1.165, 1.54) is 30.9 Å². The zero-order valence-corrected chi connectivity index (χ0v) is 18.0. The molecule has 3 fully saturated rings. The Kier molecular flexibility index (Phi) is 4.46. The van der Waals surface area contributed by atoms with E-state index >= 15 is 0 Å². The van der Waals surface area contributed by atoms with Gasteiger partial charge in [0.05, 0.1) is 18.5 Å². The molecule has 0 bridgehead atoms. The fraction of sp³-hybridized carbons (Fsp3) is 0.647. The molecule has 31 heavy (non-hydrogen) atoms. The third-order valence-electron chi connectivity index (χ3n) is 5.86. The number of aliphatic hydroxyl groups is 1. The third-order valence-corrected chi connectivity index (χ3v) is 7.58. The molecule has 5 rings (SSSR count). The van der Waals surface area contributed by atoms with E-state index in [0.29, 0.717) is 17.8 Å². The maximum atomic E-state index is 13.3. The summed E-state index contributed by atoms with van der Waals surface area (Å²) in [6, 6.07) is -0.932. The number of hydrogen-bond donors (Lipinski definition) is 3. The first-order valence-electron chi connectivity index (χ1n) is 9.87. The molecule has 1 spiro atoms. The van der Waals surface area contributed by atoms with Gasteiger partial charge in [-0.25, -0.2) is 24.1 Å². The first kappa shape index (κ1) is 20.7. The van der Waals surface area contributed by atoms with E-state index < -0.39 is 49.3 Å². The average molecular weight is 454 g/mol. The maximum absolute atomic E-state index is 13.3. The Hall–Kier alpha value is -2.15. The number of nitrogens with two attached hydrogens (primary N) is 1. The normalized spacial score (nSPS) is 39.7. The van der Waals surface area contributed by atoms with E-state index in [4.69, 9.17) is 24.3 Å². The summed E-state index contributed by atoms with van der Waals surface area (Å²) in [5.41, 5.74) is 4.03. The van der Waals surface area contributed by atoms with Crippen LogP contribution in [0.4, 0.5) is 5.82 Å². The van der Waals surface area contributed by atoms with Crippen molar-refractivity contribution in [3.8, 4) is 0 Å². The molecule has 2 saturated heterocycles. The van der Waals surface area contributed by atoms with Gasteiger partial charge < -0.3 is 20.3 Å². The van der Waals surface area contributed by atoms with Crippen LogP contribution in [-0.2, 0) is 27.9 Å². The van der Waals surface area contributed by atoms with Crippen LogP contribution in [0.1, 0.15) is 39.0 Å². The quantitative estimate of drug-likeness (QED) is 0.412. The Morgan fingerprint density at radius 1 is 1.52 bits per heavy atom. The SMILES string of the molecule is CCOC(=O)[C@H](C)NP1(=O)O[C@H]2CC23O[C@@H](c2cnc4c(N)ncnn24)[C@](C)(O)[C@@H]3O1. The lowest BCUT2D eigenvalue weighted by Gasteiger charge is -2.36. The van der Waals surface area contributed by atoms with Gasteiger partial charge >= 0.3 is 13.7 Å². The van der Waals surface area contributed by atoms with Crippen molar-refractivity contribution >= 4 is 25.2 Å². The summed E-state index contributed by atoms with van der Waals surface area (Å²) in [4.78, 5) is 20.1. The summed E-state index contributed by atoms with van der Waals surface area (Å²) in [5.74, 6) is -0.409. The molecular formula is C17H23N6O7P. The van der Waals surface area contributed by atoms with Crippen molar-refractivity contribution in [3.63, 3.8) is 0 Å². The topological polar surface area (TPSA) is 172 Å². The highest BCUT2D eigenvalue weighted by molar-refractivity contribution is 7.51. The van der Waals surface area contributed by atoms with Crippen molar-refractivity contribution in [2.24, 2.45) is 0 Å². The third kappa shape index (κ3) is 2.99. The van der Waals surface area contributed by atoms with Gasteiger partial charge in [-0.2, -0.15) is 5.10 Å². The molecule has 2 aromatic heterocycles. The van der Waals surface area contributed by atoms with E-state index in [9.17, 15) is 14.5 Å². The highest BCUT2D eigenvalue weighted by atomic mass is 31.2. The van der Waals surface area contributed by atoms with Crippen LogP contribution >= 0.6 is 7.75 Å². The molecule has 7 atom stereocenters. The number of esters is 1. The van der Waals surface area contributed by atoms with Crippen molar-refractivity contribution in [3.05, 3.63) is 18.2 Å². The summed E-state index contributed by atoms with van der Waals surface area (Å²) in [7, 11) is -3.93. The van der Waals surface area contributed by atoms with Gasteiger partial charge in [-0.1, -0.05) is 0 Å². The Balaban J connectivity index is 1.44. The van der Waals surface area contributed by atoms with Gasteiger partial charge in [0, 0.05) is 6.42 Å².